The van der Waals surface area contributed by atoms with E-state index in [0.717, 1.165) is 13.0 Å². The Morgan fingerprint density at radius 2 is 2.00 bits per heavy atom. The predicted molar refractivity (Wildman–Crippen MR) is 83.3 cm³/mol. The van der Waals surface area contributed by atoms with Gasteiger partial charge in [-0.1, -0.05) is 41.1 Å². The first kappa shape index (κ1) is 13.8. The zero-order chi connectivity index (χ0) is 13.0. The Bertz CT molecular complexity index is 507. The van der Waals surface area contributed by atoms with E-state index in [0.29, 0.717) is 6.04 Å². The summed E-state index contributed by atoms with van der Waals surface area (Å²) in [6, 6.07) is 13.2. The largest absolute Gasteiger partial charge is 0.306 e. The molecule has 1 aromatic carbocycles. The number of hydrogen-bond acceptors (Lipinski definition) is 2. The second-order valence-electron chi connectivity index (χ2n) is 4.36. The molecule has 96 valence electrons. The second kappa shape index (κ2) is 6.50. The zero-order valence-electron chi connectivity index (χ0n) is 10.7. The van der Waals surface area contributed by atoms with E-state index < -0.39 is 0 Å². The van der Waals surface area contributed by atoms with E-state index in [-0.39, 0.29) is 0 Å². The summed E-state index contributed by atoms with van der Waals surface area (Å²) in [4.78, 5) is 2.74. The van der Waals surface area contributed by atoms with Gasteiger partial charge in [-0.25, -0.2) is 0 Å². The van der Waals surface area contributed by atoms with E-state index in [2.05, 4.69) is 71.5 Å². The molecule has 0 bridgehead atoms. The number of thiophene rings is 1. The Kier molecular flexibility index (Phi) is 4.98. The molecule has 0 aliphatic rings. The Morgan fingerprint density at radius 3 is 2.61 bits per heavy atom. The zero-order valence-corrected chi connectivity index (χ0v) is 13.1. The molecule has 0 saturated heterocycles. The normalized spacial score (nSPS) is 12.6. The molecule has 0 saturated carbocycles. The lowest BCUT2D eigenvalue weighted by atomic mass is 10.1. The van der Waals surface area contributed by atoms with Crippen molar-refractivity contribution in [1.82, 2.24) is 5.32 Å². The SMILES string of the molecule is CCCNC(c1ccc(C)s1)c1ccccc1Br. The molecule has 1 nitrogen and oxygen atoms in total. The van der Waals surface area contributed by atoms with Gasteiger partial charge >= 0.3 is 0 Å². The first-order valence-electron chi connectivity index (χ1n) is 6.26. The lowest BCUT2D eigenvalue weighted by Gasteiger charge is -2.19. The summed E-state index contributed by atoms with van der Waals surface area (Å²) in [6.45, 7) is 5.39. The summed E-state index contributed by atoms with van der Waals surface area (Å²) in [6.07, 6.45) is 1.14. The molecule has 0 aliphatic heterocycles. The van der Waals surface area contributed by atoms with Crippen LogP contribution in [0.4, 0.5) is 0 Å². The van der Waals surface area contributed by atoms with Gasteiger partial charge in [-0.15, -0.1) is 11.3 Å². The molecule has 2 rings (SSSR count). The Balaban J connectivity index is 2.33. The fourth-order valence-electron chi connectivity index (χ4n) is 1.97. The molecule has 0 fully saturated rings. The maximum Gasteiger partial charge on any atom is 0.0682 e. The minimum Gasteiger partial charge on any atom is -0.306 e. The molecule has 1 N–H and O–H groups in total. The highest BCUT2D eigenvalue weighted by atomic mass is 79.9. The van der Waals surface area contributed by atoms with Gasteiger partial charge in [-0.2, -0.15) is 0 Å². The van der Waals surface area contributed by atoms with E-state index >= 15 is 0 Å². The van der Waals surface area contributed by atoms with Gasteiger partial charge in [0.2, 0.25) is 0 Å². The van der Waals surface area contributed by atoms with Crippen molar-refractivity contribution in [2.75, 3.05) is 6.54 Å². The average Bonchev–Trinajstić information content (AvgIpc) is 2.78. The van der Waals surface area contributed by atoms with Gasteiger partial charge < -0.3 is 5.32 Å². The van der Waals surface area contributed by atoms with Crippen LogP contribution < -0.4 is 5.32 Å². The molecule has 1 atom stereocenters. The van der Waals surface area contributed by atoms with Gasteiger partial charge in [0.15, 0.2) is 0 Å². The van der Waals surface area contributed by atoms with Crippen molar-refractivity contribution in [2.45, 2.75) is 26.3 Å². The van der Waals surface area contributed by atoms with Crippen LogP contribution in [0.3, 0.4) is 0 Å². The summed E-state index contributed by atoms with van der Waals surface area (Å²) in [5.41, 5.74) is 1.31. The maximum atomic E-state index is 3.66. The third-order valence-corrected chi connectivity index (χ3v) is 4.65. The van der Waals surface area contributed by atoms with Crippen LogP contribution in [0.1, 0.15) is 34.7 Å². The molecule has 0 amide bonds. The summed E-state index contributed by atoms with van der Waals surface area (Å²) in [5.74, 6) is 0. The van der Waals surface area contributed by atoms with Crippen LogP contribution in [0, 0.1) is 6.92 Å². The quantitative estimate of drug-likeness (QED) is 0.824. The topological polar surface area (TPSA) is 12.0 Å². The van der Waals surface area contributed by atoms with Crippen molar-refractivity contribution in [3.8, 4) is 0 Å². The molecule has 0 spiro atoms. The summed E-state index contributed by atoms with van der Waals surface area (Å²) in [7, 11) is 0. The minimum atomic E-state index is 0.291. The fourth-order valence-corrected chi connectivity index (χ4v) is 3.46. The molecule has 1 aromatic heterocycles. The highest BCUT2D eigenvalue weighted by molar-refractivity contribution is 9.10. The van der Waals surface area contributed by atoms with Gasteiger partial charge in [0.25, 0.3) is 0 Å². The molecule has 0 aliphatic carbocycles. The highest BCUT2D eigenvalue weighted by Crippen LogP contribution is 2.32. The lowest BCUT2D eigenvalue weighted by molar-refractivity contribution is 0.604. The van der Waals surface area contributed by atoms with Crippen LogP contribution in [0.25, 0.3) is 0 Å². The lowest BCUT2D eigenvalue weighted by Crippen LogP contribution is -2.22. The summed E-state index contributed by atoms with van der Waals surface area (Å²) < 4.78 is 1.17. The molecular formula is C15H18BrNS. The van der Waals surface area contributed by atoms with Crippen molar-refractivity contribution in [2.24, 2.45) is 0 Å². The number of rotatable bonds is 5. The smallest absolute Gasteiger partial charge is 0.0682 e. The summed E-state index contributed by atoms with van der Waals surface area (Å²) >= 11 is 5.52. The van der Waals surface area contributed by atoms with Gasteiger partial charge in [0, 0.05) is 14.2 Å². The van der Waals surface area contributed by atoms with Crippen molar-refractivity contribution >= 4 is 27.3 Å². The van der Waals surface area contributed by atoms with Crippen molar-refractivity contribution in [1.29, 1.82) is 0 Å². The third-order valence-electron chi connectivity index (χ3n) is 2.86. The van der Waals surface area contributed by atoms with E-state index in [9.17, 15) is 0 Å². The molecular weight excluding hydrogens is 306 g/mol. The number of halogens is 1. The molecule has 1 heterocycles. The molecule has 2 aromatic rings. The standard InChI is InChI=1S/C15H18BrNS/c1-3-10-17-15(14-9-8-11(2)18-14)12-6-4-5-7-13(12)16/h4-9,15,17H,3,10H2,1-2H3. The summed E-state index contributed by atoms with van der Waals surface area (Å²) in [5, 5.41) is 3.64. The van der Waals surface area contributed by atoms with E-state index in [1.54, 1.807) is 0 Å². The Hall–Kier alpha value is -0.640. The van der Waals surface area contributed by atoms with Crippen molar-refractivity contribution in [3.63, 3.8) is 0 Å². The van der Waals surface area contributed by atoms with Crippen LogP contribution in [0.15, 0.2) is 40.9 Å². The average molecular weight is 324 g/mol. The van der Waals surface area contributed by atoms with Crippen LogP contribution in [0.2, 0.25) is 0 Å². The van der Waals surface area contributed by atoms with Crippen molar-refractivity contribution in [3.05, 3.63) is 56.2 Å². The highest BCUT2D eigenvalue weighted by Gasteiger charge is 2.17. The number of nitrogens with one attached hydrogen (secondary N) is 1. The van der Waals surface area contributed by atoms with Crippen LogP contribution >= 0.6 is 27.3 Å². The van der Waals surface area contributed by atoms with Gasteiger partial charge in [-0.3, -0.25) is 0 Å². The van der Waals surface area contributed by atoms with E-state index in [1.807, 2.05) is 11.3 Å². The molecule has 1 unspecified atom stereocenters. The fraction of sp³-hybridized carbons (Fsp3) is 0.333. The molecule has 18 heavy (non-hydrogen) atoms. The first-order valence-corrected chi connectivity index (χ1v) is 7.87. The van der Waals surface area contributed by atoms with Crippen molar-refractivity contribution < 1.29 is 0 Å². The second-order valence-corrected chi connectivity index (χ2v) is 6.53. The molecule has 3 heteroatoms. The monoisotopic (exact) mass is 323 g/mol. The number of hydrogen-bond donors (Lipinski definition) is 1. The van der Waals surface area contributed by atoms with Gasteiger partial charge in [-0.05, 0) is 43.7 Å². The van der Waals surface area contributed by atoms with Crippen LogP contribution in [-0.2, 0) is 0 Å². The third kappa shape index (κ3) is 3.22. The first-order chi connectivity index (χ1) is 8.72. The Morgan fingerprint density at radius 1 is 1.22 bits per heavy atom. The van der Waals surface area contributed by atoms with E-state index in [4.69, 9.17) is 0 Å². The number of aryl methyl sites for hydroxylation is 1. The maximum absolute atomic E-state index is 3.66. The van der Waals surface area contributed by atoms with E-state index in [1.165, 1.54) is 19.8 Å². The minimum absolute atomic E-state index is 0.291. The predicted octanol–water partition coefficient (Wildman–Crippen LogP) is 4.91. The van der Waals surface area contributed by atoms with Crippen LogP contribution in [-0.4, -0.2) is 6.54 Å². The van der Waals surface area contributed by atoms with Gasteiger partial charge in [0.1, 0.15) is 0 Å². The van der Waals surface area contributed by atoms with Gasteiger partial charge in [0.05, 0.1) is 6.04 Å². The van der Waals surface area contributed by atoms with Crippen LogP contribution in [0.5, 0.6) is 0 Å². The Labute approximate surface area is 121 Å². The molecule has 0 radical (unpaired) electrons. The number of benzene rings is 1.